The predicted octanol–water partition coefficient (Wildman–Crippen LogP) is 5.72. The number of benzene rings is 3. The molecule has 1 aliphatic rings. The number of aliphatic hydroxyl groups excluding tert-OH is 1. The van der Waals surface area contributed by atoms with Crippen LogP contribution in [0.4, 0.5) is 5.13 Å². The number of rotatable bonds is 5. The molecule has 8 nitrogen and oxygen atoms in total. The van der Waals surface area contributed by atoms with E-state index < -0.39 is 17.7 Å². The van der Waals surface area contributed by atoms with Gasteiger partial charge in [-0.25, -0.2) is 4.98 Å². The van der Waals surface area contributed by atoms with Crippen LogP contribution in [0.2, 0.25) is 0 Å². The number of methoxy groups -OCH3 is 2. The number of halogens is 1. The number of ketones is 1. The zero-order valence-corrected chi connectivity index (χ0v) is 22.4. The zero-order valence-electron chi connectivity index (χ0n) is 20.0. The molecule has 10 heteroatoms. The van der Waals surface area contributed by atoms with Crippen LogP contribution in [0.25, 0.3) is 16.0 Å². The first-order valence-corrected chi connectivity index (χ1v) is 12.7. The molecule has 0 spiro atoms. The summed E-state index contributed by atoms with van der Waals surface area (Å²) in [5, 5.41) is 22.0. The van der Waals surface area contributed by atoms with E-state index in [1.165, 1.54) is 29.4 Å². The first-order valence-electron chi connectivity index (χ1n) is 11.1. The number of Topliss-reactive ketones (excluding diaryl/α,β-unsaturated/α-hetero) is 1. The lowest BCUT2D eigenvalue weighted by Gasteiger charge is -2.24. The topological polar surface area (TPSA) is 109 Å². The molecule has 188 valence electrons. The summed E-state index contributed by atoms with van der Waals surface area (Å²) < 4.78 is 11.7. The van der Waals surface area contributed by atoms with Crippen LogP contribution in [0.3, 0.4) is 0 Å². The fourth-order valence-electron chi connectivity index (χ4n) is 4.24. The Morgan fingerprint density at radius 1 is 1.05 bits per heavy atom. The molecule has 2 heterocycles. The fourth-order valence-corrected chi connectivity index (χ4v) is 5.72. The largest absolute Gasteiger partial charge is 0.507 e. The standard InChI is InChI=1S/C27H21BrN2O6S/c1-13-4-6-14(7-5-13)23(31)21-22(15-10-17(28)24(32)19(11-15)36-3)30(26(34)25(21)33)27-29-18-9-8-16(35-2)12-20(18)37-27/h4-12,22,31-32H,1-3H3/b23-21+. The Labute approximate surface area is 224 Å². The third kappa shape index (κ3) is 4.21. The Kier molecular flexibility index (Phi) is 6.38. The minimum Gasteiger partial charge on any atom is -0.507 e. The van der Waals surface area contributed by atoms with E-state index in [2.05, 4.69) is 20.9 Å². The van der Waals surface area contributed by atoms with Gasteiger partial charge in [-0.15, -0.1) is 0 Å². The molecule has 1 aromatic heterocycles. The summed E-state index contributed by atoms with van der Waals surface area (Å²) in [5.74, 6) is -1.34. The van der Waals surface area contributed by atoms with Gasteiger partial charge in [0.2, 0.25) is 0 Å². The number of phenols is 1. The molecule has 1 aliphatic heterocycles. The molecule has 5 rings (SSSR count). The molecule has 1 saturated heterocycles. The molecule has 2 N–H and O–H groups in total. The van der Waals surface area contributed by atoms with Crippen LogP contribution in [0.5, 0.6) is 17.2 Å². The summed E-state index contributed by atoms with van der Waals surface area (Å²) in [7, 11) is 2.96. The van der Waals surface area contributed by atoms with Gasteiger partial charge >= 0.3 is 5.91 Å². The highest BCUT2D eigenvalue weighted by molar-refractivity contribution is 9.10. The van der Waals surface area contributed by atoms with Crippen LogP contribution in [-0.4, -0.2) is 41.1 Å². The van der Waals surface area contributed by atoms with Crippen molar-refractivity contribution in [3.63, 3.8) is 0 Å². The van der Waals surface area contributed by atoms with Gasteiger partial charge in [-0.3, -0.25) is 14.5 Å². The highest BCUT2D eigenvalue weighted by Gasteiger charge is 2.48. The third-order valence-electron chi connectivity index (χ3n) is 6.15. The number of aliphatic hydroxyl groups is 1. The summed E-state index contributed by atoms with van der Waals surface area (Å²) in [6.45, 7) is 1.91. The number of ether oxygens (including phenoxy) is 2. The molecule has 0 saturated carbocycles. The van der Waals surface area contributed by atoms with Crippen LogP contribution in [-0.2, 0) is 9.59 Å². The molecule has 0 radical (unpaired) electrons. The number of aryl methyl sites for hydroxylation is 1. The van der Waals surface area contributed by atoms with Crippen molar-refractivity contribution < 1.29 is 29.3 Å². The van der Waals surface area contributed by atoms with Crippen LogP contribution in [0.15, 0.2) is 64.6 Å². The Morgan fingerprint density at radius 3 is 2.46 bits per heavy atom. The van der Waals surface area contributed by atoms with Gasteiger partial charge in [-0.05, 0) is 58.7 Å². The van der Waals surface area contributed by atoms with E-state index >= 15 is 0 Å². The highest BCUT2D eigenvalue weighted by Crippen LogP contribution is 2.47. The summed E-state index contributed by atoms with van der Waals surface area (Å²) in [5.41, 5.74) is 2.35. The summed E-state index contributed by atoms with van der Waals surface area (Å²) >= 11 is 4.54. The number of hydrogen-bond donors (Lipinski definition) is 2. The van der Waals surface area contributed by atoms with Crippen LogP contribution >= 0.6 is 27.3 Å². The number of aromatic nitrogens is 1. The lowest BCUT2D eigenvalue weighted by atomic mass is 9.95. The normalized spacial score (nSPS) is 17.0. The molecule has 0 bridgehead atoms. The highest BCUT2D eigenvalue weighted by atomic mass is 79.9. The van der Waals surface area contributed by atoms with E-state index in [1.807, 2.05) is 6.92 Å². The van der Waals surface area contributed by atoms with E-state index in [-0.39, 0.29) is 28.0 Å². The number of nitrogens with zero attached hydrogens (tertiary/aromatic N) is 2. The average Bonchev–Trinajstić information content (AvgIpc) is 3.43. The molecular weight excluding hydrogens is 560 g/mol. The maximum Gasteiger partial charge on any atom is 0.301 e. The molecular formula is C27H21BrN2O6S. The molecule has 37 heavy (non-hydrogen) atoms. The molecule has 1 fully saturated rings. The van der Waals surface area contributed by atoms with Gasteiger partial charge < -0.3 is 19.7 Å². The first kappa shape index (κ1) is 24.8. The minimum atomic E-state index is -1.03. The zero-order chi connectivity index (χ0) is 26.4. The summed E-state index contributed by atoms with van der Waals surface area (Å²) in [6, 6.07) is 14.4. The average molecular weight is 581 g/mol. The molecule has 3 aromatic carbocycles. The van der Waals surface area contributed by atoms with Crippen LogP contribution in [0.1, 0.15) is 22.7 Å². The van der Waals surface area contributed by atoms with Crippen LogP contribution in [0, 0.1) is 6.92 Å². The lowest BCUT2D eigenvalue weighted by molar-refractivity contribution is -0.132. The lowest BCUT2D eigenvalue weighted by Crippen LogP contribution is -2.29. The fraction of sp³-hybridized carbons (Fsp3) is 0.148. The van der Waals surface area contributed by atoms with E-state index in [0.29, 0.717) is 26.9 Å². The number of thiazole rings is 1. The second-order valence-electron chi connectivity index (χ2n) is 8.42. The van der Waals surface area contributed by atoms with E-state index in [1.54, 1.807) is 55.6 Å². The van der Waals surface area contributed by atoms with Crippen LogP contribution < -0.4 is 14.4 Å². The Morgan fingerprint density at radius 2 is 1.78 bits per heavy atom. The van der Waals surface area contributed by atoms with E-state index in [9.17, 15) is 19.8 Å². The molecule has 1 unspecified atom stereocenters. The molecule has 1 atom stereocenters. The second kappa shape index (κ2) is 9.53. The minimum absolute atomic E-state index is 0.0923. The maximum absolute atomic E-state index is 13.5. The first-order chi connectivity index (χ1) is 17.7. The Balaban J connectivity index is 1.76. The second-order valence-corrected chi connectivity index (χ2v) is 10.3. The van der Waals surface area contributed by atoms with Crippen molar-refractivity contribution in [2.24, 2.45) is 0 Å². The monoisotopic (exact) mass is 580 g/mol. The summed E-state index contributed by atoms with van der Waals surface area (Å²) in [4.78, 5) is 32.8. The number of carbonyl (C=O) groups excluding carboxylic acids is 2. The van der Waals surface area contributed by atoms with Crippen molar-refractivity contribution >= 4 is 60.1 Å². The van der Waals surface area contributed by atoms with Crippen molar-refractivity contribution in [3.8, 4) is 17.2 Å². The number of anilines is 1. The number of carbonyl (C=O) groups is 2. The SMILES string of the molecule is COc1ccc2nc(N3C(=O)C(=O)/C(=C(/O)c4ccc(C)cc4)C3c3cc(Br)c(O)c(OC)c3)sc2c1. The van der Waals surface area contributed by atoms with Gasteiger partial charge in [0.25, 0.3) is 5.78 Å². The van der Waals surface area contributed by atoms with E-state index in [4.69, 9.17) is 9.47 Å². The van der Waals surface area contributed by atoms with E-state index in [0.717, 1.165) is 10.3 Å². The van der Waals surface area contributed by atoms with Gasteiger partial charge in [-0.1, -0.05) is 41.2 Å². The Hall–Kier alpha value is -3.89. The number of aromatic hydroxyl groups is 1. The maximum atomic E-state index is 13.5. The van der Waals surface area contributed by atoms with Gasteiger partial charge in [-0.2, -0.15) is 0 Å². The number of amides is 1. The molecule has 4 aromatic rings. The van der Waals surface area contributed by atoms with Crippen molar-refractivity contribution in [3.05, 3.63) is 81.3 Å². The van der Waals surface area contributed by atoms with Crippen molar-refractivity contribution in [2.75, 3.05) is 19.1 Å². The van der Waals surface area contributed by atoms with Crippen molar-refractivity contribution in [2.45, 2.75) is 13.0 Å². The smallest absolute Gasteiger partial charge is 0.301 e. The Bertz CT molecular complexity index is 1590. The number of fused-ring (bicyclic) bond motifs is 1. The summed E-state index contributed by atoms with van der Waals surface area (Å²) in [6.07, 6.45) is 0. The predicted molar refractivity (Wildman–Crippen MR) is 144 cm³/mol. The van der Waals surface area contributed by atoms with Gasteiger partial charge in [0.05, 0.1) is 40.5 Å². The molecule has 0 aliphatic carbocycles. The number of hydrogen-bond acceptors (Lipinski definition) is 8. The molecule has 1 amide bonds. The van der Waals surface area contributed by atoms with Gasteiger partial charge in [0, 0.05) is 5.56 Å². The van der Waals surface area contributed by atoms with Gasteiger partial charge in [0.15, 0.2) is 16.6 Å². The number of phenolic OH excluding ortho intramolecular Hbond substituents is 1. The quantitative estimate of drug-likeness (QED) is 0.176. The third-order valence-corrected chi connectivity index (χ3v) is 7.77. The van der Waals surface area contributed by atoms with Crippen molar-refractivity contribution in [1.29, 1.82) is 0 Å². The van der Waals surface area contributed by atoms with Gasteiger partial charge in [0.1, 0.15) is 11.5 Å². The van der Waals surface area contributed by atoms with Crippen molar-refractivity contribution in [1.82, 2.24) is 4.98 Å².